The van der Waals surface area contributed by atoms with E-state index in [0.29, 0.717) is 34.1 Å². The van der Waals surface area contributed by atoms with Gasteiger partial charge in [-0.15, -0.1) is 0 Å². The van der Waals surface area contributed by atoms with Crippen LogP contribution in [-0.4, -0.2) is 32.5 Å². The van der Waals surface area contributed by atoms with E-state index >= 15 is 0 Å². The van der Waals surface area contributed by atoms with Gasteiger partial charge in [0.25, 0.3) is 5.91 Å². The number of anilines is 1. The van der Waals surface area contributed by atoms with E-state index in [1.807, 2.05) is 0 Å². The number of carbonyl (C=O) groups is 2. The van der Waals surface area contributed by atoms with Crippen LogP contribution in [0.3, 0.4) is 0 Å². The van der Waals surface area contributed by atoms with Gasteiger partial charge in [0.1, 0.15) is 23.1 Å². The van der Waals surface area contributed by atoms with Crippen LogP contribution in [0.1, 0.15) is 15.9 Å². The molecule has 0 spiro atoms. The Morgan fingerprint density at radius 3 is 2.03 bits per heavy atom. The summed E-state index contributed by atoms with van der Waals surface area (Å²) >= 11 is 0. The first-order chi connectivity index (χ1) is 14.5. The van der Waals surface area contributed by atoms with Gasteiger partial charge in [0, 0.05) is 17.2 Å². The van der Waals surface area contributed by atoms with Gasteiger partial charge in [-0.1, -0.05) is 0 Å². The third-order valence-electron chi connectivity index (χ3n) is 4.28. The molecule has 0 aliphatic heterocycles. The van der Waals surface area contributed by atoms with Gasteiger partial charge in [0.2, 0.25) is 0 Å². The number of nitrogens with one attached hydrogen (secondary N) is 1. The minimum absolute atomic E-state index is 0.222. The zero-order valence-electron chi connectivity index (χ0n) is 16.5. The normalized spacial score (nSPS) is 10.2. The van der Waals surface area contributed by atoms with E-state index in [1.165, 1.54) is 31.4 Å². The molecule has 30 heavy (non-hydrogen) atoms. The molecule has 3 aromatic rings. The van der Waals surface area contributed by atoms with Crippen molar-refractivity contribution in [1.29, 1.82) is 0 Å². The van der Waals surface area contributed by atoms with Gasteiger partial charge in [-0.25, -0.2) is 4.39 Å². The molecule has 0 radical (unpaired) electrons. The van der Waals surface area contributed by atoms with Crippen molar-refractivity contribution in [2.45, 2.75) is 0 Å². The highest BCUT2D eigenvalue weighted by atomic mass is 19.1. The number of carbonyl (C=O) groups excluding carboxylic acids is 2. The summed E-state index contributed by atoms with van der Waals surface area (Å²) < 4.78 is 28.8. The fourth-order valence-corrected chi connectivity index (χ4v) is 2.71. The number of benzene rings is 3. The van der Waals surface area contributed by atoms with Crippen molar-refractivity contribution < 1.29 is 28.2 Å². The number of ether oxygens (including phenoxy) is 3. The molecule has 0 aliphatic rings. The van der Waals surface area contributed by atoms with Crippen LogP contribution in [0.4, 0.5) is 10.1 Å². The molecule has 154 valence electrons. The maximum Gasteiger partial charge on any atom is 0.262 e. The molecular formula is C23H20FNO5. The van der Waals surface area contributed by atoms with E-state index in [1.54, 1.807) is 49.6 Å². The van der Waals surface area contributed by atoms with E-state index in [2.05, 4.69) is 5.32 Å². The van der Waals surface area contributed by atoms with Gasteiger partial charge in [-0.3, -0.25) is 9.59 Å². The third kappa shape index (κ3) is 5.14. The first-order valence-corrected chi connectivity index (χ1v) is 9.05. The fourth-order valence-electron chi connectivity index (χ4n) is 2.71. The molecule has 0 heterocycles. The highest BCUT2D eigenvalue weighted by molar-refractivity contribution is 6.09. The van der Waals surface area contributed by atoms with Crippen LogP contribution < -0.4 is 19.5 Å². The second-order valence-electron chi connectivity index (χ2n) is 6.26. The summed E-state index contributed by atoms with van der Waals surface area (Å²) in [6, 6.07) is 16.7. The van der Waals surface area contributed by atoms with Crippen LogP contribution in [0.25, 0.3) is 0 Å². The summed E-state index contributed by atoms with van der Waals surface area (Å²) in [6.07, 6.45) is 0. The Balaban J connectivity index is 1.58. The fraction of sp³-hybridized carbons (Fsp3) is 0.130. The molecule has 1 N–H and O–H groups in total. The Kier molecular flexibility index (Phi) is 6.64. The van der Waals surface area contributed by atoms with Gasteiger partial charge in [-0.05, 0) is 60.7 Å². The molecule has 0 bridgehead atoms. The lowest BCUT2D eigenvalue weighted by atomic mass is 10.0. The number of rotatable bonds is 8. The average molecular weight is 409 g/mol. The van der Waals surface area contributed by atoms with E-state index in [4.69, 9.17) is 14.2 Å². The first kappa shape index (κ1) is 20.9. The quantitative estimate of drug-likeness (QED) is 0.567. The summed E-state index contributed by atoms with van der Waals surface area (Å²) in [5.41, 5.74) is 1.31. The second kappa shape index (κ2) is 9.56. The lowest BCUT2D eigenvalue weighted by Gasteiger charge is -2.12. The molecule has 0 aromatic heterocycles. The molecule has 0 atom stereocenters. The van der Waals surface area contributed by atoms with Crippen molar-refractivity contribution in [3.63, 3.8) is 0 Å². The van der Waals surface area contributed by atoms with E-state index in [-0.39, 0.29) is 18.3 Å². The predicted molar refractivity (Wildman–Crippen MR) is 110 cm³/mol. The molecule has 3 aromatic carbocycles. The number of halogens is 1. The van der Waals surface area contributed by atoms with Crippen LogP contribution in [0.5, 0.6) is 17.2 Å². The highest BCUT2D eigenvalue weighted by Gasteiger charge is 2.11. The highest BCUT2D eigenvalue weighted by Crippen LogP contribution is 2.29. The Bertz CT molecular complexity index is 1030. The molecule has 1 amide bonds. The van der Waals surface area contributed by atoms with E-state index < -0.39 is 5.82 Å². The van der Waals surface area contributed by atoms with Crippen molar-refractivity contribution in [3.05, 3.63) is 83.7 Å². The minimum Gasteiger partial charge on any atom is -0.497 e. The van der Waals surface area contributed by atoms with Crippen LogP contribution in [0, 0.1) is 5.82 Å². The summed E-state index contributed by atoms with van der Waals surface area (Å²) in [5, 5.41) is 2.71. The molecule has 0 unspecified atom stereocenters. The molecule has 0 saturated heterocycles. The first-order valence-electron chi connectivity index (χ1n) is 9.05. The predicted octanol–water partition coefficient (Wildman–Crippen LogP) is 4.09. The molecule has 0 fully saturated rings. The van der Waals surface area contributed by atoms with Crippen molar-refractivity contribution in [2.24, 2.45) is 0 Å². The summed E-state index contributed by atoms with van der Waals surface area (Å²) in [7, 11) is 3.04. The van der Waals surface area contributed by atoms with Gasteiger partial charge in [0.15, 0.2) is 12.4 Å². The molecule has 0 saturated carbocycles. The Hall–Kier alpha value is -3.87. The third-order valence-corrected chi connectivity index (χ3v) is 4.28. The van der Waals surface area contributed by atoms with Crippen LogP contribution >= 0.6 is 0 Å². The molecular weight excluding hydrogens is 389 g/mol. The Labute approximate surface area is 173 Å². The maximum absolute atomic E-state index is 13.0. The SMILES string of the molecule is COc1ccc(NC(=O)COc2ccc(C(=O)c3ccc(F)cc3)cc2)c(OC)c1. The number of methoxy groups -OCH3 is 2. The zero-order chi connectivity index (χ0) is 21.5. The smallest absolute Gasteiger partial charge is 0.262 e. The van der Waals surface area contributed by atoms with Gasteiger partial charge >= 0.3 is 0 Å². The summed E-state index contributed by atoms with van der Waals surface area (Å²) in [4.78, 5) is 24.6. The number of amides is 1. The van der Waals surface area contributed by atoms with Crippen LogP contribution in [0.2, 0.25) is 0 Å². The number of hydrogen-bond donors (Lipinski definition) is 1. The standard InChI is InChI=1S/C23H20FNO5/c1-28-19-11-12-20(21(13-19)29-2)25-22(26)14-30-18-9-5-16(6-10-18)23(27)15-3-7-17(24)8-4-15/h3-13H,14H2,1-2H3,(H,25,26). The Morgan fingerprint density at radius 1 is 0.833 bits per heavy atom. The topological polar surface area (TPSA) is 73.9 Å². The van der Waals surface area contributed by atoms with Crippen molar-refractivity contribution >= 4 is 17.4 Å². The van der Waals surface area contributed by atoms with Gasteiger partial charge < -0.3 is 19.5 Å². The van der Waals surface area contributed by atoms with Crippen molar-refractivity contribution in [2.75, 3.05) is 26.1 Å². The van der Waals surface area contributed by atoms with Gasteiger partial charge in [0.05, 0.1) is 19.9 Å². The zero-order valence-corrected chi connectivity index (χ0v) is 16.5. The average Bonchev–Trinajstić information content (AvgIpc) is 2.78. The monoisotopic (exact) mass is 409 g/mol. The minimum atomic E-state index is -0.402. The van der Waals surface area contributed by atoms with E-state index in [0.717, 1.165) is 0 Å². The van der Waals surface area contributed by atoms with Crippen LogP contribution in [0.15, 0.2) is 66.7 Å². The van der Waals surface area contributed by atoms with E-state index in [9.17, 15) is 14.0 Å². The molecule has 3 rings (SSSR count). The van der Waals surface area contributed by atoms with Gasteiger partial charge in [-0.2, -0.15) is 0 Å². The maximum atomic E-state index is 13.0. The molecule has 7 heteroatoms. The number of hydrogen-bond acceptors (Lipinski definition) is 5. The second-order valence-corrected chi connectivity index (χ2v) is 6.26. The molecule has 6 nitrogen and oxygen atoms in total. The summed E-state index contributed by atoms with van der Waals surface area (Å²) in [5.74, 6) is 0.502. The molecule has 0 aliphatic carbocycles. The largest absolute Gasteiger partial charge is 0.497 e. The Morgan fingerprint density at radius 2 is 1.43 bits per heavy atom. The lowest BCUT2D eigenvalue weighted by molar-refractivity contribution is -0.118. The van der Waals surface area contributed by atoms with Crippen LogP contribution in [-0.2, 0) is 4.79 Å². The number of ketones is 1. The summed E-state index contributed by atoms with van der Waals surface area (Å²) in [6.45, 7) is -0.222. The van der Waals surface area contributed by atoms with Crippen molar-refractivity contribution in [1.82, 2.24) is 0 Å². The van der Waals surface area contributed by atoms with Crippen molar-refractivity contribution in [3.8, 4) is 17.2 Å². The lowest BCUT2D eigenvalue weighted by Crippen LogP contribution is -2.20.